The van der Waals surface area contributed by atoms with Crippen LogP contribution in [0.1, 0.15) is 49.6 Å². The summed E-state index contributed by atoms with van der Waals surface area (Å²) in [5.41, 5.74) is 3.06. The fraction of sp³-hybridized carbons (Fsp3) is 0.435. The molecule has 3 aromatic heterocycles. The minimum absolute atomic E-state index is 0.224. The van der Waals surface area contributed by atoms with Crippen LogP contribution < -0.4 is 15.5 Å². The predicted octanol–water partition coefficient (Wildman–Crippen LogP) is 2.67. The number of amides is 1. The van der Waals surface area contributed by atoms with Gasteiger partial charge in [-0.3, -0.25) is 9.89 Å². The molecular formula is C23H27FN8O2. The Morgan fingerprint density at radius 1 is 1.29 bits per heavy atom. The Labute approximate surface area is 196 Å². The van der Waals surface area contributed by atoms with E-state index in [1.165, 1.54) is 18.3 Å². The zero-order valence-electron chi connectivity index (χ0n) is 19.0. The highest BCUT2D eigenvalue weighted by atomic mass is 19.1. The average Bonchev–Trinajstić information content (AvgIpc) is 3.54. The number of aliphatic hydroxyl groups is 1. The number of halogens is 1. The van der Waals surface area contributed by atoms with Gasteiger partial charge in [-0.2, -0.15) is 14.5 Å². The maximum absolute atomic E-state index is 13.1. The number of carbonyl (C=O) groups is 1. The van der Waals surface area contributed by atoms with Crippen molar-refractivity contribution in [1.29, 1.82) is 0 Å². The number of anilines is 4. The third-order valence-corrected chi connectivity index (χ3v) is 6.22. The van der Waals surface area contributed by atoms with E-state index in [-0.39, 0.29) is 5.91 Å². The van der Waals surface area contributed by atoms with Gasteiger partial charge in [0, 0.05) is 36.7 Å². The Balaban J connectivity index is 1.42. The normalized spacial score (nSPS) is 19.5. The molecule has 1 aliphatic heterocycles. The van der Waals surface area contributed by atoms with E-state index in [1.807, 2.05) is 11.0 Å². The molecule has 178 valence electrons. The second kappa shape index (κ2) is 8.98. The van der Waals surface area contributed by atoms with Crippen LogP contribution in [0.5, 0.6) is 0 Å². The maximum atomic E-state index is 13.1. The van der Waals surface area contributed by atoms with Crippen molar-refractivity contribution < 1.29 is 14.3 Å². The van der Waals surface area contributed by atoms with E-state index in [1.54, 1.807) is 0 Å². The number of hydrogen-bond donors (Lipinski definition) is 4. The summed E-state index contributed by atoms with van der Waals surface area (Å²) in [7, 11) is 0. The van der Waals surface area contributed by atoms with Crippen molar-refractivity contribution >= 4 is 29.2 Å². The van der Waals surface area contributed by atoms with E-state index < -0.39 is 18.1 Å². The molecule has 5 rings (SSSR count). The Kier molecular flexibility index (Phi) is 5.86. The number of aliphatic hydroxyl groups excluding tert-OH is 1. The summed E-state index contributed by atoms with van der Waals surface area (Å²) in [5, 5.41) is 23.7. The molecule has 0 unspecified atom stereocenters. The van der Waals surface area contributed by atoms with Crippen molar-refractivity contribution in [2.75, 3.05) is 22.1 Å². The summed E-state index contributed by atoms with van der Waals surface area (Å²) >= 11 is 0. The van der Waals surface area contributed by atoms with Crippen molar-refractivity contribution in [2.24, 2.45) is 0 Å². The van der Waals surface area contributed by atoms with Crippen molar-refractivity contribution in [1.82, 2.24) is 25.1 Å². The molecule has 0 radical (unpaired) electrons. The summed E-state index contributed by atoms with van der Waals surface area (Å²) in [4.78, 5) is 28.0. The van der Waals surface area contributed by atoms with Crippen LogP contribution in [0.15, 0.2) is 24.4 Å². The highest BCUT2D eigenvalue weighted by Gasteiger charge is 2.35. The number of H-pyrrole nitrogens is 1. The molecule has 0 bridgehead atoms. The fourth-order valence-corrected chi connectivity index (χ4v) is 4.44. The summed E-state index contributed by atoms with van der Waals surface area (Å²) in [6.45, 7) is 4.78. The first-order chi connectivity index (χ1) is 16.4. The van der Waals surface area contributed by atoms with Gasteiger partial charge < -0.3 is 20.6 Å². The molecule has 1 aliphatic carbocycles. The summed E-state index contributed by atoms with van der Waals surface area (Å²) in [5.74, 6) is 1.13. The molecule has 1 fully saturated rings. The molecule has 0 aromatic carbocycles. The highest BCUT2D eigenvalue weighted by Crippen LogP contribution is 2.33. The number of aromatic amines is 1. The van der Waals surface area contributed by atoms with Gasteiger partial charge in [-0.1, -0.05) is 13.8 Å². The Hall–Kier alpha value is -3.60. The first-order valence-corrected chi connectivity index (χ1v) is 11.5. The van der Waals surface area contributed by atoms with Gasteiger partial charge in [0.2, 0.25) is 17.8 Å². The standard InChI is InChI=1S/C23H27FN8O2/c1-12(2)16-10-20(31-30-16)28-21-15-8-14(33)9-17(15)27-23(29-21)32-7-3-4-18(32)22(34)26-13-5-6-19(24)25-11-13/h5-6,10-12,14,18,33H,3-4,7-9H2,1-2H3,(H,26,34)(H2,27,28,29,30,31)/t14-,18-/m0/s1. The van der Waals surface area contributed by atoms with Crippen LogP contribution in [0.25, 0.3) is 0 Å². The van der Waals surface area contributed by atoms with Gasteiger partial charge in [-0.15, -0.1) is 0 Å². The molecule has 1 saturated heterocycles. The van der Waals surface area contributed by atoms with Gasteiger partial charge >= 0.3 is 0 Å². The maximum Gasteiger partial charge on any atom is 0.247 e. The Bertz CT molecular complexity index is 1200. The zero-order valence-corrected chi connectivity index (χ0v) is 19.0. The molecule has 0 spiro atoms. The van der Waals surface area contributed by atoms with Crippen molar-refractivity contribution in [3.8, 4) is 0 Å². The van der Waals surface area contributed by atoms with E-state index in [2.05, 4.69) is 39.7 Å². The van der Waals surface area contributed by atoms with Crippen LogP contribution >= 0.6 is 0 Å². The molecule has 34 heavy (non-hydrogen) atoms. The lowest BCUT2D eigenvalue weighted by atomic mass is 10.1. The zero-order chi connectivity index (χ0) is 23.8. The average molecular weight is 467 g/mol. The van der Waals surface area contributed by atoms with Crippen LogP contribution in [-0.4, -0.2) is 54.9 Å². The van der Waals surface area contributed by atoms with Crippen LogP contribution in [-0.2, 0) is 17.6 Å². The van der Waals surface area contributed by atoms with Crippen LogP contribution in [0.2, 0.25) is 0 Å². The predicted molar refractivity (Wildman–Crippen MR) is 125 cm³/mol. The van der Waals surface area contributed by atoms with Gasteiger partial charge in [0.05, 0.1) is 23.7 Å². The van der Waals surface area contributed by atoms with Gasteiger partial charge in [-0.05, 0) is 30.9 Å². The summed E-state index contributed by atoms with van der Waals surface area (Å²) in [6, 6.07) is 4.14. The lowest BCUT2D eigenvalue weighted by Gasteiger charge is -2.25. The number of nitrogens with zero attached hydrogens (tertiary/aromatic N) is 5. The molecule has 2 atom stereocenters. The van der Waals surface area contributed by atoms with Gasteiger partial charge in [0.15, 0.2) is 5.82 Å². The molecule has 4 N–H and O–H groups in total. The highest BCUT2D eigenvalue weighted by molar-refractivity contribution is 5.96. The minimum Gasteiger partial charge on any atom is -0.392 e. The van der Waals surface area contributed by atoms with Gasteiger partial charge in [0.1, 0.15) is 11.9 Å². The second-order valence-corrected chi connectivity index (χ2v) is 9.06. The van der Waals surface area contributed by atoms with E-state index in [9.17, 15) is 14.3 Å². The number of pyridine rings is 1. The molecule has 2 aliphatic rings. The Morgan fingerprint density at radius 2 is 2.15 bits per heavy atom. The van der Waals surface area contributed by atoms with E-state index in [0.29, 0.717) is 55.0 Å². The quantitative estimate of drug-likeness (QED) is 0.408. The van der Waals surface area contributed by atoms with Crippen LogP contribution in [0, 0.1) is 5.95 Å². The molecule has 3 aromatic rings. The first kappa shape index (κ1) is 22.2. The number of hydrogen-bond acceptors (Lipinski definition) is 8. The first-order valence-electron chi connectivity index (χ1n) is 11.5. The van der Waals surface area contributed by atoms with E-state index in [4.69, 9.17) is 9.97 Å². The molecule has 0 saturated carbocycles. The lowest BCUT2D eigenvalue weighted by Crippen LogP contribution is -2.40. The van der Waals surface area contributed by atoms with Crippen molar-refractivity contribution in [3.63, 3.8) is 0 Å². The van der Waals surface area contributed by atoms with Gasteiger partial charge in [0.25, 0.3) is 0 Å². The lowest BCUT2D eigenvalue weighted by molar-refractivity contribution is -0.117. The molecule has 11 heteroatoms. The topological polar surface area (TPSA) is 132 Å². The monoisotopic (exact) mass is 466 g/mol. The largest absolute Gasteiger partial charge is 0.392 e. The van der Waals surface area contributed by atoms with Crippen LogP contribution in [0.3, 0.4) is 0 Å². The SMILES string of the molecule is CC(C)c1cc(Nc2nc(N3CCC[C@H]3C(=O)Nc3ccc(F)nc3)nc3c2C[C@H](O)C3)n[nH]1. The minimum atomic E-state index is -0.605. The molecule has 10 nitrogen and oxygen atoms in total. The molecular weight excluding hydrogens is 439 g/mol. The van der Waals surface area contributed by atoms with E-state index >= 15 is 0 Å². The van der Waals surface area contributed by atoms with Gasteiger partial charge in [-0.25, -0.2) is 9.97 Å². The van der Waals surface area contributed by atoms with E-state index in [0.717, 1.165) is 23.4 Å². The number of aromatic nitrogens is 5. The smallest absolute Gasteiger partial charge is 0.247 e. The summed E-state index contributed by atoms with van der Waals surface area (Å²) < 4.78 is 13.1. The number of nitrogens with one attached hydrogen (secondary N) is 3. The number of carbonyl (C=O) groups excluding carboxylic acids is 1. The Morgan fingerprint density at radius 3 is 2.88 bits per heavy atom. The third kappa shape index (κ3) is 4.43. The number of rotatable bonds is 6. The third-order valence-electron chi connectivity index (χ3n) is 6.22. The van der Waals surface area contributed by atoms with Crippen molar-refractivity contribution in [3.05, 3.63) is 47.3 Å². The molecule has 4 heterocycles. The summed E-state index contributed by atoms with van der Waals surface area (Å²) in [6.07, 6.45) is 3.11. The molecule has 1 amide bonds. The van der Waals surface area contributed by atoms with Crippen molar-refractivity contribution in [2.45, 2.75) is 57.6 Å². The van der Waals surface area contributed by atoms with Crippen LogP contribution in [0.4, 0.5) is 27.7 Å². The number of fused-ring (bicyclic) bond motifs is 1. The fourth-order valence-electron chi connectivity index (χ4n) is 4.44. The second-order valence-electron chi connectivity index (χ2n) is 9.06.